The highest BCUT2D eigenvalue weighted by Gasteiger charge is 2.77. The van der Waals surface area contributed by atoms with Crippen LogP contribution in [0.3, 0.4) is 0 Å². The van der Waals surface area contributed by atoms with Crippen LogP contribution in [-0.4, -0.2) is 84.2 Å². The number of methoxy groups -OCH3 is 1. The van der Waals surface area contributed by atoms with Gasteiger partial charge in [0.1, 0.15) is 18.5 Å². The van der Waals surface area contributed by atoms with Gasteiger partial charge >= 0.3 is 5.97 Å². The number of benzene rings is 3. The molecule has 0 bridgehead atoms. The number of hydrogen-bond donors (Lipinski definition) is 5. The summed E-state index contributed by atoms with van der Waals surface area (Å²) in [6, 6.07) is 28.5. The first-order valence-electron chi connectivity index (χ1n) is 15.9. The highest BCUT2D eigenvalue weighted by molar-refractivity contribution is 5.83. The molecule has 4 atom stereocenters. The summed E-state index contributed by atoms with van der Waals surface area (Å²) in [6.45, 7) is -0.116. The molecule has 5 aromatic rings. The second kappa shape index (κ2) is 13.8. The van der Waals surface area contributed by atoms with Gasteiger partial charge in [-0.25, -0.2) is 15.0 Å². The fourth-order valence-electron chi connectivity index (χ4n) is 7.11. The van der Waals surface area contributed by atoms with Crippen LogP contribution in [0.4, 0.5) is 5.82 Å². The Balaban J connectivity index is 1.65. The molecule has 12 nitrogen and oxygen atoms in total. The molecule has 3 aromatic carbocycles. The summed E-state index contributed by atoms with van der Waals surface area (Å²) >= 11 is 0. The lowest BCUT2D eigenvalue weighted by Gasteiger charge is -2.54. The first kappa shape index (κ1) is 33.2. The monoisotopic (exact) mass is 653 g/mol. The summed E-state index contributed by atoms with van der Waals surface area (Å²) < 4.78 is 14.5. The summed E-state index contributed by atoms with van der Waals surface area (Å²) in [5, 5.41) is 47.5. The first-order valence-corrected chi connectivity index (χ1v) is 15.9. The summed E-state index contributed by atoms with van der Waals surface area (Å²) in [5.74, 6) is -2.90. The Hall–Kier alpha value is -4.72. The number of anilines is 1. The van der Waals surface area contributed by atoms with Crippen molar-refractivity contribution in [1.82, 2.24) is 19.5 Å². The molecule has 0 amide bonds. The van der Waals surface area contributed by atoms with Gasteiger partial charge in [-0.2, -0.15) is 0 Å². The molecule has 1 fully saturated rings. The second-order valence-electron chi connectivity index (χ2n) is 11.8. The van der Waals surface area contributed by atoms with Crippen molar-refractivity contribution >= 4 is 23.0 Å². The SMILES string of the molecule is CO[C@@]1(O)[C@H](O)[C@@H](CO)O[C@]1(n1cnc2c(NCCCCCC(=O)O)ncnc21)C(c1ccccc1)(c1ccccc1)c1ccccc1. The number of ether oxygens (including phenoxy) is 2. The van der Waals surface area contributed by atoms with E-state index >= 15 is 0 Å². The van der Waals surface area contributed by atoms with E-state index in [2.05, 4.69) is 15.3 Å². The Morgan fingerprint density at radius 1 is 0.917 bits per heavy atom. The van der Waals surface area contributed by atoms with Crippen LogP contribution in [0, 0.1) is 0 Å². The zero-order valence-electron chi connectivity index (χ0n) is 26.5. The van der Waals surface area contributed by atoms with Gasteiger partial charge in [0.25, 0.3) is 0 Å². The molecule has 0 aliphatic carbocycles. The molecule has 0 spiro atoms. The Bertz CT molecular complexity index is 1730. The minimum atomic E-state index is -2.50. The van der Waals surface area contributed by atoms with Gasteiger partial charge in [0.05, 0.1) is 18.3 Å². The molecule has 2 aromatic heterocycles. The van der Waals surface area contributed by atoms with E-state index in [0.29, 0.717) is 53.8 Å². The van der Waals surface area contributed by atoms with Gasteiger partial charge in [-0.15, -0.1) is 0 Å². The predicted molar refractivity (Wildman–Crippen MR) is 177 cm³/mol. The number of rotatable bonds is 14. The molecule has 1 aliphatic heterocycles. The predicted octanol–water partition coefficient (Wildman–Crippen LogP) is 3.66. The van der Waals surface area contributed by atoms with E-state index < -0.39 is 41.7 Å². The number of unbranched alkanes of at least 4 members (excludes halogenated alkanes) is 2. The van der Waals surface area contributed by atoms with Crippen LogP contribution in [0.5, 0.6) is 0 Å². The van der Waals surface area contributed by atoms with Gasteiger partial charge in [-0.3, -0.25) is 9.36 Å². The number of nitrogens with one attached hydrogen (secondary N) is 1. The number of nitrogens with zero attached hydrogens (tertiary/aromatic N) is 4. The van der Waals surface area contributed by atoms with Crippen LogP contribution < -0.4 is 5.32 Å². The molecular formula is C36H39N5O7. The second-order valence-corrected chi connectivity index (χ2v) is 11.8. The maximum absolute atomic E-state index is 12.9. The summed E-state index contributed by atoms with van der Waals surface area (Å²) in [4.78, 5) is 24.7. The van der Waals surface area contributed by atoms with Crippen molar-refractivity contribution < 1.29 is 34.7 Å². The fraction of sp³-hybridized carbons (Fsp3) is 0.333. The zero-order chi connectivity index (χ0) is 33.8. The summed E-state index contributed by atoms with van der Waals surface area (Å²) in [7, 11) is 1.29. The number of imidazole rings is 1. The number of aliphatic hydroxyl groups is 3. The number of aliphatic hydroxyl groups excluding tert-OH is 2. The quantitative estimate of drug-likeness (QED) is 0.0673. The standard InChI is InChI=1S/C36H39N5O7/c1-47-35(46)31(45)28(22-42)48-36(35,41-24-40-30-32(38-23-39-33(30)41)37-21-13-5-12-20-29(43)44)34(25-14-6-2-7-15-25,26-16-8-3-9-17-26)27-18-10-4-11-19-27/h2-4,6-11,14-19,23-24,28,31,42,45-46H,5,12-13,20-22H2,1H3,(H,43,44)(H,37,38,39)/t28-,31-,35+,36-/m1/s1. The van der Waals surface area contributed by atoms with Crippen LogP contribution >= 0.6 is 0 Å². The first-order chi connectivity index (χ1) is 23.3. The molecular weight excluding hydrogens is 614 g/mol. The lowest BCUT2D eigenvalue weighted by atomic mass is 9.59. The van der Waals surface area contributed by atoms with Crippen molar-refractivity contribution in [2.75, 3.05) is 25.6 Å². The number of aliphatic carboxylic acids is 1. The number of carbonyl (C=O) groups is 1. The Kier molecular flexibility index (Phi) is 9.54. The van der Waals surface area contributed by atoms with Gasteiger partial charge in [-0.05, 0) is 29.5 Å². The third kappa shape index (κ3) is 5.22. The number of fused-ring (bicyclic) bond motifs is 1. The van der Waals surface area contributed by atoms with Crippen LogP contribution in [0.15, 0.2) is 104 Å². The van der Waals surface area contributed by atoms with Crippen LogP contribution in [0.1, 0.15) is 42.4 Å². The molecule has 48 heavy (non-hydrogen) atoms. The topological polar surface area (TPSA) is 172 Å². The Morgan fingerprint density at radius 2 is 1.50 bits per heavy atom. The molecule has 12 heteroatoms. The minimum Gasteiger partial charge on any atom is -0.481 e. The lowest BCUT2D eigenvalue weighted by Crippen LogP contribution is -2.69. The molecule has 5 N–H and O–H groups in total. The van der Waals surface area contributed by atoms with E-state index in [1.54, 1.807) is 4.57 Å². The van der Waals surface area contributed by atoms with Crippen molar-refractivity contribution in [2.24, 2.45) is 0 Å². The van der Waals surface area contributed by atoms with Gasteiger partial charge in [-0.1, -0.05) is 97.4 Å². The molecule has 1 saturated heterocycles. The highest BCUT2D eigenvalue weighted by atomic mass is 16.7. The maximum atomic E-state index is 12.9. The number of carboxylic acid groups (broad SMARTS) is 1. The average Bonchev–Trinajstić information content (AvgIpc) is 3.66. The number of carboxylic acids is 1. The average molecular weight is 654 g/mol. The third-order valence-corrected chi connectivity index (χ3v) is 9.21. The lowest BCUT2D eigenvalue weighted by molar-refractivity contribution is -0.326. The summed E-state index contributed by atoms with van der Waals surface area (Å²) in [5.41, 5.74) is -0.842. The normalized spacial score (nSPS) is 22.6. The van der Waals surface area contributed by atoms with Gasteiger partial charge < -0.3 is 35.2 Å². The largest absolute Gasteiger partial charge is 0.481 e. The smallest absolute Gasteiger partial charge is 0.303 e. The molecule has 0 unspecified atom stereocenters. The Labute approximate surface area is 277 Å². The van der Waals surface area contributed by atoms with Crippen molar-refractivity contribution in [3.8, 4) is 0 Å². The molecule has 250 valence electrons. The maximum Gasteiger partial charge on any atom is 0.303 e. The van der Waals surface area contributed by atoms with E-state index in [1.807, 2.05) is 91.0 Å². The van der Waals surface area contributed by atoms with Crippen molar-refractivity contribution in [2.45, 2.75) is 54.8 Å². The highest BCUT2D eigenvalue weighted by Crippen LogP contribution is 2.61. The minimum absolute atomic E-state index is 0.110. The van der Waals surface area contributed by atoms with E-state index in [0.717, 1.165) is 0 Å². The third-order valence-electron chi connectivity index (χ3n) is 9.21. The summed E-state index contributed by atoms with van der Waals surface area (Å²) in [6.07, 6.45) is 1.95. The van der Waals surface area contributed by atoms with Crippen LogP contribution in [0.25, 0.3) is 11.2 Å². The van der Waals surface area contributed by atoms with E-state index in [1.165, 1.54) is 19.8 Å². The molecule has 0 saturated carbocycles. The van der Waals surface area contributed by atoms with Crippen LogP contribution in [-0.2, 0) is 25.4 Å². The molecule has 3 heterocycles. The van der Waals surface area contributed by atoms with Gasteiger partial charge in [0, 0.05) is 20.1 Å². The Morgan fingerprint density at radius 3 is 2.02 bits per heavy atom. The fourth-order valence-corrected chi connectivity index (χ4v) is 7.11. The van der Waals surface area contributed by atoms with Gasteiger partial charge in [0.2, 0.25) is 11.5 Å². The number of hydrogen-bond acceptors (Lipinski definition) is 10. The zero-order valence-corrected chi connectivity index (χ0v) is 26.5. The van der Waals surface area contributed by atoms with Crippen molar-refractivity contribution in [3.05, 3.63) is 120 Å². The van der Waals surface area contributed by atoms with Crippen molar-refractivity contribution in [1.29, 1.82) is 0 Å². The van der Waals surface area contributed by atoms with Crippen molar-refractivity contribution in [3.63, 3.8) is 0 Å². The molecule has 1 aliphatic rings. The molecule has 0 radical (unpaired) electrons. The van der Waals surface area contributed by atoms with Crippen LogP contribution in [0.2, 0.25) is 0 Å². The van der Waals surface area contributed by atoms with Gasteiger partial charge in [0.15, 0.2) is 17.0 Å². The van der Waals surface area contributed by atoms with E-state index in [-0.39, 0.29) is 12.1 Å². The molecule has 6 rings (SSSR count). The van der Waals surface area contributed by atoms with E-state index in [9.17, 15) is 20.1 Å². The number of aromatic nitrogens is 4. The van der Waals surface area contributed by atoms with E-state index in [4.69, 9.17) is 19.6 Å².